The molecule has 0 fully saturated rings. The zero-order chi connectivity index (χ0) is 20.7. The molecule has 3 rings (SSSR count). The van der Waals surface area contributed by atoms with Gasteiger partial charge in [0, 0.05) is 25.4 Å². The molecule has 152 valence electrons. The van der Waals surface area contributed by atoms with E-state index in [-0.39, 0.29) is 11.4 Å². The third-order valence-electron chi connectivity index (χ3n) is 4.12. The van der Waals surface area contributed by atoms with Crippen molar-refractivity contribution in [1.29, 1.82) is 0 Å². The van der Waals surface area contributed by atoms with Crippen molar-refractivity contribution in [2.24, 2.45) is 0 Å². The van der Waals surface area contributed by atoms with Gasteiger partial charge in [-0.25, -0.2) is 28.1 Å². The summed E-state index contributed by atoms with van der Waals surface area (Å²) in [5.74, 6) is 2.47. The van der Waals surface area contributed by atoms with Crippen molar-refractivity contribution in [2.75, 3.05) is 23.7 Å². The molecule has 0 aliphatic carbocycles. The van der Waals surface area contributed by atoms with Crippen LogP contribution in [0, 0.1) is 6.92 Å². The average Bonchev–Trinajstić information content (AvgIpc) is 2.72. The number of benzene rings is 1. The minimum Gasteiger partial charge on any atom is -0.369 e. The Hall–Kier alpha value is -3.04. The van der Waals surface area contributed by atoms with E-state index in [1.165, 1.54) is 0 Å². The summed E-state index contributed by atoms with van der Waals surface area (Å²) in [5, 5.41) is 6.23. The Bertz CT molecular complexity index is 1040. The fourth-order valence-electron chi connectivity index (χ4n) is 2.65. The summed E-state index contributed by atoms with van der Waals surface area (Å²) >= 11 is 0. The SMILES string of the molecule is CCc1ccc(S(=O)(=O)NCCNc2cc(Nc3ccccn3)nc(C)n2)cc1. The summed E-state index contributed by atoms with van der Waals surface area (Å²) in [6, 6.07) is 14.2. The summed E-state index contributed by atoms with van der Waals surface area (Å²) in [6.45, 7) is 4.42. The standard InChI is InChI=1S/C20H24N6O2S/c1-3-16-7-9-17(10-8-16)29(27,28)23-13-12-22-19-14-20(25-15(2)24-19)26-18-6-4-5-11-21-18/h4-11,14,23H,3,12-13H2,1-2H3,(H2,21,22,24,25,26). The molecule has 1 aromatic carbocycles. The predicted molar refractivity (Wildman–Crippen MR) is 114 cm³/mol. The van der Waals surface area contributed by atoms with Crippen LogP contribution in [0.4, 0.5) is 17.5 Å². The minimum absolute atomic E-state index is 0.226. The second kappa shape index (κ2) is 9.44. The number of aryl methyl sites for hydroxylation is 2. The molecule has 3 N–H and O–H groups in total. The van der Waals surface area contributed by atoms with Crippen LogP contribution < -0.4 is 15.4 Å². The van der Waals surface area contributed by atoms with Crippen LogP contribution in [0.25, 0.3) is 0 Å². The van der Waals surface area contributed by atoms with Crippen LogP contribution in [0.1, 0.15) is 18.3 Å². The maximum absolute atomic E-state index is 12.4. The number of aromatic nitrogens is 3. The molecule has 0 saturated carbocycles. The predicted octanol–water partition coefficient (Wildman–Crippen LogP) is 2.88. The molecule has 0 radical (unpaired) electrons. The van der Waals surface area contributed by atoms with Crippen LogP contribution >= 0.6 is 0 Å². The van der Waals surface area contributed by atoms with E-state index in [4.69, 9.17) is 0 Å². The number of nitrogens with one attached hydrogen (secondary N) is 3. The number of pyridine rings is 1. The van der Waals surface area contributed by atoms with E-state index in [1.807, 2.05) is 37.3 Å². The van der Waals surface area contributed by atoms with Crippen LogP contribution in [0.2, 0.25) is 0 Å². The lowest BCUT2D eigenvalue weighted by molar-refractivity contribution is 0.583. The molecule has 2 heterocycles. The van der Waals surface area contributed by atoms with Gasteiger partial charge in [-0.15, -0.1) is 0 Å². The molecule has 0 spiro atoms. The Balaban J connectivity index is 1.55. The molecular weight excluding hydrogens is 388 g/mol. The smallest absolute Gasteiger partial charge is 0.240 e. The Kier molecular flexibility index (Phi) is 6.73. The molecular formula is C20H24N6O2S. The Morgan fingerprint density at radius 3 is 2.38 bits per heavy atom. The van der Waals surface area contributed by atoms with Gasteiger partial charge in [0.1, 0.15) is 23.3 Å². The van der Waals surface area contributed by atoms with Crippen molar-refractivity contribution in [2.45, 2.75) is 25.2 Å². The van der Waals surface area contributed by atoms with Gasteiger partial charge in [-0.05, 0) is 43.2 Å². The van der Waals surface area contributed by atoms with Gasteiger partial charge in [-0.1, -0.05) is 25.1 Å². The van der Waals surface area contributed by atoms with E-state index in [0.717, 1.165) is 12.0 Å². The second-order valence-electron chi connectivity index (χ2n) is 6.35. The van der Waals surface area contributed by atoms with Crippen LogP contribution in [0.5, 0.6) is 0 Å². The van der Waals surface area contributed by atoms with E-state index >= 15 is 0 Å². The first-order valence-electron chi connectivity index (χ1n) is 9.32. The second-order valence-corrected chi connectivity index (χ2v) is 8.11. The molecule has 2 aromatic heterocycles. The van der Waals surface area contributed by atoms with E-state index in [1.54, 1.807) is 31.3 Å². The number of anilines is 3. The molecule has 29 heavy (non-hydrogen) atoms. The van der Waals surface area contributed by atoms with Gasteiger partial charge in [0.15, 0.2) is 0 Å². The molecule has 0 aliphatic rings. The molecule has 0 saturated heterocycles. The van der Waals surface area contributed by atoms with Crippen molar-refractivity contribution in [3.8, 4) is 0 Å². The lowest BCUT2D eigenvalue weighted by Gasteiger charge is -2.11. The van der Waals surface area contributed by atoms with Gasteiger partial charge in [0.2, 0.25) is 10.0 Å². The maximum Gasteiger partial charge on any atom is 0.240 e. The summed E-state index contributed by atoms with van der Waals surface area (Å²) in [7, 11) is -3.54. The van der Waals surface area contributed by atoms with Gasteiger partial charge in [0.25, 0.3) is 0 Å². The van der Waals surface area contributed by atoms with Gasteiger partial charge in [0.05, 0.1) is 4.90 Å². The minimum atomic E-state index is -3.54. The number of nitrogens with zero attached hydrogens (tertiary/aromatic N) is 3. The first kappa shape index (κ1) is 20.7. The zero-order valence-electron chi connectivity index (χ0n) is 16.4. The van der Waals surface area contributed by atoms with Crippen LogP contribution in [-0.4, -0.2) is 36.5 Å². The van der Waals surface area contributed by atoms with E-state index < -0.39 is 10.0 Å². The molecule has 0 unspecified atom stereocenters. The average molecular weight is 413 g/mol. The number of rotatable bonds is 9. The molecule has 0 amide bonds. The highest BCUT2D eigenvalue weighted by Crippen LogP contribution is 2.15. The third kappa shape index (κ3) is 5.97. The Labute approximate surface area is 170 Å². The molecule has 0 atom stereocenters. The van der Waals surface area contributed by atoms with Gasteiger partial charge in [-0.3, -0.25) is 0 Å². The van der Waals surface area contributed by atoms with Crippen molar-refractivity contribution < 1.29 is 8.42 Å². The molecule has 0 bridgehead atoms. The van der Waals surface area contributed by atoms with Crippen molar-refractivity contribution >= 4 is 27.5 Å². The van der Waals surface area contributed by atoms with Crippen molar-refractivity contribution in [1.82, 2.24) is 19.7 Å². The van der Waals surface area contributed by atoms with E-state index in [0.29, 0.717) is 29.8 Å². The van der Waals surface area contributed by atoms with Crippen LogP contribution in [-0.2, 0) is 16.4 Å². The highest BCUT2D eigenvalue weighted by atomic mass is 32.2. The number of hydrogen-bond acceptors (Lipinski definition) is 7. The van der Waals surface area contributed by atoms with Crippen molar-refractivity contribution in [3.63, 3.8) is 0 Å². The normalized spacial score (nSPS) is 11.2. The summed E-state index contributed by atoms with van der Waals surface area (Å²) in [6.07, 6.45) is 2.56. The highest BCUT2D eigenvalue weighted by Gasteiger charge is 2.13. The monoisotopic (exact) mass is 412 g/mol. The van der Waals surface area contributed by atoms with Gasteiger partial charge >= 0.3 is 0 Å². The van der Waals surface area contributed by atoms with Crippen molar-refractivity contribution in [3.05, 3.63) is 66.1 Å². The molecule has 8 nitrogen and oxygen atoms in total. The summed E-state index contributed by atoms with van der Waals surface area (Å²) in [5.41, 5.74) is 1.10. The largest absolute Gasteiger partial charge is 0.369 e. The molecule has 0 aliphatic heterocycles. The van der Waals surface area contributed by atoms with Gasteiger partial charge in [-0.2, -0.15) is 0 Å². The Morgan fingerprint density at radius 2 is 1.69 bits per heavy atom. The van der Waals surface area contributed by atoms with Crippen LogP contribution in [0.3, 0.4) is 0 Å². The fraction of sp³-hybridized carbons (Fsp3) is 0.250. The fourth-order valence-corrected chi connectivity index (χ4v) is 3.69. The number of sulfonamides is 1. The lowest BCUT2D eigenvalue weighted by Crippen LogP contribution is -2.29. The molecule has 9 heteroatoms. The van der Waals surface area contributed by atoms with E-state index in [2.05, 4.69) is 30.3 Å². The summed E-state index contributed by atoms with van der Waals surface area (Å²) in [4.78, 5) is 13.1. The third-order valence-corrected chi connectivity index (χ3v) is 5.60. The topological polar surface area (TPSA) is 109 Å². The Morgan fingerprint density at radius 1 is 0.931 bits per heavy atom. The van der Waals surface area contributed by atoms with E-state index in [9.17, 15) is 8.42 Å². The highest BCUT2D eigenvalue weighted by molar-refractivity contribution is 7.89. The molecule has 3 aromatic rings. The van der Waals surface area contributed by atoms with Gasteiger partial charge < -0.3 is 10.6 Å². The maximum atomic E-state index is 12.4. The van der Waals surface area contributed by atoms with Crippen LogP contribution in [0.15, 0.2) is 59.6 Å². The zero-order valence-corrected chi connectivity index (χ0v) is 17.2. The summed E-state index contributed by atoms with van der Waals surface area (Å²) < 4.78 is 27.3. The lowest BCUT2D eigenvalue weighted by atomic mass is 10.2. The number of hydrogen-bond donors (Lipinski definition) is 3. The first-order valence-corrected chi connectivity index (χ1v) is 10.8. The first-order chi connectivity index (χ1) is 14.0. The quantitative estimate of drug-likeness (QED) is 0.464.